The van der Waals surface area contributed by atoms with Gasteiger partial charge in [-0.15, -0.1) is 0 Å². The number of methoxy groups -OCH3 is 1. The van der Waals surface area contributed by atoms with Crippen LogP contribution in [0.15, 0.2) is 67.0 Å². The van der Waals surface area contributed by atoms with Crippen LogP contribution >= 0.6 is 0 Å². The summed E-state index contributed by atoms with van der Waals surface area (Å²) in [6.07, 6.45) is 3.11. The van der Waals surface area contributed by atoms with Gasteiger partial charge in [0.05, 0.1) is 24.8 Å². The van der Waals surface area contributed by atoms with E-state index in [4.69, 9.17) is 9.84 Å². The van der Waals surface area contributed by atoms with Crippen molar-refractivity contribution in [1.29, 1.82) is 0 Å². The summed E-state index contributed by atoms with van der Waals surface area (Å²) in [6, 6.07) is 17.4. The van der Waals surface area contributed by atoms with E-state index in [0.717, 1.165) is 22.4 Å². The molecule has 1 amide bonds. The molecular formula is C24H22N4O4. The predicted octanol–water partition coefficient (Wildman–Crippen LogP) is 3.50. The number of benzene rings is 2. The molecule has 0 spiro atoms. The van der Waals surface area contributed by atoms with Crippen LogP contribution in [0.4, 0.5) is 5.69 Å². The molecule has 0 bridgehead atoms. The first kappa shape index (κ1) is 21.2. The summed E-state index contributed by atoms with van der Waals surface area (Å²) in [4.78, 5) is 21.2. The second kappa shape index (κ2) is 9.42. The Morgan fingerprint density at radius 2 is 1.66 bits per heavy atom. The molecule has 0 radical (unpaired) electrons. The quantitative estimate of drug-likeness (QED) is 0.262. The molecule has 0 aliphatic rings. The average Bonchev–Trinajstić information content (AvgIpc) is 2.86. The molecule has 2 aromatic heterocycles. The topological polar surface area (TPSA) is 117 Å². The summed E-state index contributed by atoms with van der Waals surface area (Å²) >= 11 is 0. The van der Waals surface area contributed by atoms with E-state index >= 15 is 0 Å². The first-order valence-electron chi connectivity index (χ1n) is 9.98. The smallest absolute Gasteiger partial charge is 0.279 e. The van der Waals surface area contributed by atoms with E-state index in [-0.39, 0.29) is 17.9 Å². The molecule has 32 heavy (non-hydrogen) atoms. The fraction of sp³-hybridized carbons (Fsp3) is 0.125. The maximum atomic E-state index is 12.4. The number of ether oxygens (including phenoxy) is 1. The van der Waals surface area contributed by atoms with Crippen molar-refractivity contribution < 1.29 is 19.8 Å². The van der Waals surface area contributed by atoms with Crippen molar-refractivity contribution in [3.05, 3.63) is 72.6 Å². The van der Waals surface area contributed by atoms with E-state index in [1.165, 1.54) is 13.3 Å². The second-order valence-electron chi connectivity index (χ2n) is 7.01. The Bertz CT molecular complexity index is 1240. The number of aliphatic hydroxyl groups excluding tert-OH is 1. The van der Waals surface area contributed by atoms with Crippen molar-refractivity contribution in [1.82, 2.24) is 15.4 Å². The molecule has 0 saturated heterocycles. The number of hydroxylamine groups is 1. The number of hydrogen-bond acceptors (Lipinski definition) is 7. The van der Waals surface area contributed by atoms with Gasteiger partial charge in [0.15, 0.2) is 5.75 Å². The monoisotopic (exact) mass is 430 g/mol. The van der Waals surface area contributed by atoms with E-state index < -0.39 is 5.91 Å². The third kappa shape index (κ3) is 4.09. The fourth-order valence-corrected chi connectivity index (χ4v) is 3.57. The lowest BCUT2D eigenvalue weighted by Gasteiger charge is -2.15. The Hall–Kier alpha value is -4.01. The van der Waals surface area contributed by atoms with Crippen LogP contribution < -0.4 is 15.5 Å². The minimum Gasteiger partial charge on any atom is -0.494 e. The normalized spacial score (nSPS) is 10.7. The summed E-state index contributed by atoms with van der Waals surface area (Å²) in [5.74, 6) is -0.445. The number of aliphatic hydroxyl groups is 1. The maximum absolute atomic E-state index is 12.4. The molecule has 2 aromatic carbocycles. The molecule has 8 heteroatoms. The van der Waals surface area contributed by atoms with Crippen LogP contribution in [-0.2, 0) is 0 Å². The molecule has 4 N–H and O–H groups in total. The van der Waals surface area contributed by atoms with Crippen molar-refractivity contribution in [3.8, 4) is 28.1 Å². The van der Waals surface area contributed by atoms with E-state index in [1.807, 2.05) is 48.5 Å². The van der Waals surface area contributed by atoms with Crippen LogP contribution in [0.25, 0.3) is 33.3 Å². The first-order valence-corrected chi connectivity index (χ1v) is 9.98. The first-order chi connectivity index (χ1) is 15.7. The largest absolute Gasteiger partial charge is 0.494 e. The van der Waals surface area contributed by atoms with Crippen LogP contribution in [0, 0.1) is 0 Å². The molecule has 0 saturated carbocycles. The summed E-state index contributed by atoms with van der Waals surface area (Å²) < 4.78 is 5.54. The number of rotatable bonds is 7. The van der Waals surface area contributed by atoms with Gasteiger partial charge in [0.25, 0.3) is 5.91 Å². The highest BCUT2D eigenvalue weighted by Gasteiger charge is 2.22. The van der Waals surface area contributed by atoms with Crippen LogP contribution in [0.3, 0.4) is 0 Å². The molecule has 4 aromatic rings. The van der Waals surface area contributed by atoms with E-state index in [0.29, 0.717) is 23.1 Å². The SMILES string of the molecule is COc1c(-c2ccc(-c3ccc(NCCO)cc3)cc2)nc2ccncc2c1C(=O)NO. The van der Waals surface area contributed by atoms with Crippen LogP contribution in [-0.4, -0.2) is 46.5 Å². The van der Waals surface area contributed by atoms with Crippen molar-refractivity contribution in [2.75, 3.05) is 25.6 Å². The Balaban J connectivity index is 1.74. The Labute approximate surface area is 184 Å². The molecule has 8 nitrogen and oxygen atoms in total. The minimum atomic E-state index is -0.699. The number of anilines is 1. The van der Waals surface area contributed by atoms with Gasteiger partial charge in [-0.3, -0.25) is 15.0 Å². The summed E-state index contributed by atoms with van der Waals surface area (Å²) in [5.41, 5.74) is 6.64. The Kier molecular flexibility index (Phi) is 6.25. The maximum Gasteiger partial charge on any atom is 0.279 e. The van der Waals surface area contributed by atoms with Gasteiger partial charge in [0, 0.05) is 35.6 Å². The number of carbonyl (C=O) groups is 1. The lowest BCUT2D eigenvalue weighted by atomic mass is 9.99. The zero-order valence-corrected chi connectivity index (χ0v) is 17.4. The van der Waals surface area contributed by atoms with Gasteiger partial charge < -0.3 is 15.2 Å². The molecule has 4 rings (SSSR count). The van der Waals surface area contributed by atoms with Gasteiger partial charge >= 0.3 is 0 Å². The number of fused-ring (bicyclic) bond motifs is 1. The van der Waals surface area contributed by atoms with E-state index in [9.17, 15) is 10.0 Å². The van der Waals surface area contributed by atoms with Gasteiger partial charge in [-0.2, -0.15) is 0 Å². The lowest BCUT2D eigenvalue weighted by molar-refractivity contribution is 0.0705. The van der Waals surface area contributed by atoms with Crippen molar-refractivity contribution in [3.63, 3.8) is 0 Å². The van der Waals surface area contributed by atoms with Crippen molar-refractivity contribution in [2.45, 2.75) is 0 Å². The number of amides is 1. The van der Waals surface area contributed by atoms with Crippen LogP contribution in [0.5, 0.6) is 5.75 Å². The number of nitrogens with zero attached hydrogens (tertiary/aromatic N) is 2. The number of pyridine rings is 2. The zero-order chi connectivity index (χ0) is 22.5. The van der Waals surface area contributed by atoms with E-state index in [2.05, 4.69) is 15.3 Å². The second-order valence-corrected chi connectivity index (χ2v) is 7.01. The molecule has 162 valence electrons. The van der Waals surface area contributed by atoms with Crippen molar-refractivity contribution in [2.24, 2.45) is 0 Å². The van der Waals surface area contributed by atoms with Crippen molar-refractivity contribution >= 4 is 22.5 Å². The Morgan fingerprint density at radius 1 is 1.00 bits per heavy atom. The van der Waals surface area contributed by atoms with Gasteiger partial charge in [0.2, 0.25) is 0 Å². The number of nitrogens with one attached hydrogen (secondary N) is 2. The van der Waals surface area contributed by atoms with Gasteiger partial charge in [-0.25, -0.2) is 10.5 Å². The highest BCUT2D eigenvalue weighted by Crippen LogP contribution is 2.36. The van der Waals surface area contributed by atoms with Gasteiger partial charge in [0.1, 0.15) is 5.69 Å². The zero-order valence-electron chi connectivity index (χ0n) is 17.4. The minimum absolute atomic E-state index is 0.0771. The molecule has 0 atom stereocenters. The lowest BCUT2D eigenvalue weighted by Crippen LogP contribution is -2.20. The third-order valence-corrected chi connectivity index (χ3v) is 5.09. The number of aromatic nitrogens is 2. The average molecular weight is 430 g/mol. The summed E-state index contributed by atoms with van der Waals surface area (Å²) in [7, 11) is 1.46. The molecule has 0 aliphatic heterocycles. The highest BCUT2D eigenvalue weighted by atomic mass is 16.5. The predicted molar refractivity (Wildman–Crippen MR) is 122 cm³/mol. The summed E-state index contributed by atoms with van der Waals surface area (Å²) in [6.45, 7) is 0.578. The van der Waals surface area contributed by atoms with Crippen LogP contribution in [0.2, 0.25) is 0 Å². The van der Waals surface area contributed by atoms with Gasteiger partial charge in [-0.1, -0.05) is 36.4 Å². The summed E-state index contributed by atoms with van der Waals surface area (Å²) in [5, 5.41) is 21.8. The molecular weight excluding hydrogens is 408 g/mol. The third-order valence-electron chi connectivity index (χ3n) is 5.09. The molecule has 0 unspecified atom stereocenters. The molecule has 0 aliphatic carbocycles. The fourth-order valence-electron chi connectivity index (χ4n) is 3.57. The number of carbonyl (C=O) groups excluding carboxylic acids is 1. The molecule has 2 heterocycles. The number of hydrogen-bond donors (Lipinski definition) is 4. The standard InChI is InChI=1S/C24H22N4O4/c1-32-23-21(24(30)28-31)19-14-25-11-10-20(19)27-22(23)17-4-2-15(3-5-17)16-6-8-18(9-7-16)26-12-13-29/h2-11,14,26,29,31H,12-13H2,1H3,(H,28,30). The van der Waals surface area contributed by atoms with Gasteiger partial charge in [-0.05, 0) is 29.3 Å². The Morgan fingerprint density at radius 3 is 2.28 bits per heavy atom. The molecule has 0 fully saturated rings. The highest BCUT2D eigenvalue weighted by molar-refractivity contribution is 6.09. The van der Waals surface area contributed by atoms with E-state index in [1.54, 1.807) is 17.7 Å². The van der Waals surface area contributed by atoms with Crippen LogP contribution in [0.1, 0.15) is 10.4 Å².